The second-order valence-electron chi connectivity index (χ2n) is 7.49. The second-order valence-corrected chi connectivity index (χ2v) is 9.34. The number of aromatic nitrogens is 4. The monoisotopic (exact) mass is 532 g/mol. The van der Waals surface area contributed by atoms with Crippen LogP contribution in [0.1, 0.15) is 17.0 Å². The molecule has 0 aliphatic rings. The SMILES string of the molecule is COc1ccc(Cl)cc1-c1nc(S/C(=C\c2cc(C)n(-c3ccc(F)c(Cl)c3)c2C)C(=O)O)n[nH]1. The van der Waals surface area contributed by atoms with E-state index in [2.05, 4.69) is 15.2 Å². The molecule has 0 bridgehead atoms. The molecule has 2 N–H and O–H groups in total. The largest absolute Gasteiger partial charge is 0.496 e. The molecule has 11 heteroatoms. The Morgan fingerprint density at radius 1 is 1.20 bits per heavy atom. The number of hydrogen-bond donors (Lipinski definition) is 2. The number of rotatable bonds is 7. The molecular formula is C24H19Cl2FN4O3S. The Hall–Kier alpha value is -3.27. The van der Waals surface area contributed by atoms with E-state index in [1.165, 1.54) is 19.2 Å². The van der Waals surface area contributed by atoms with Crippen LogP contribution in [0.2, 0.25) is 10.0 Å². The molecule has 2 heterocycles. The van der Waals surface area contributed by atoms with Crippen LogP contribution in [0.3, 0.4) is 0 Å². The van der Waals surface area contributed by atoms with E-state index in [1.807, 2.05) is 24.5 Å². The third-order valence-corrected chi connectivity index (χ3v) is 6.61. The molecule has 180 valence electrons. The highest BCUT2D eigenvalue weighted by molar-refractivity contribution is 8.04. The summed E-state index contributed by atoms with van der Waals surface area (Å²) in [6.07, 6.45) is 1.55. The lowest BCUT2D eigenvalue weighted by Gasteiger charge is -2.10. The molecule has 0 aliphatic carbocycles. The summed E-state index contributed by atoms with van der Waals surface area (Å²) < 4.78 is 20.8. The number of nitrogens with zero attached hydrogens (tertiary/aromatic N) is 3. The molecule has 0 aliphatic heterocycles. The van der Waals surface area contributed by atoms with Crippen LogP contribution < -0.4 is 4.74 Å². The smallest absolute Gasteiger partial charge is 0.342 e. The first-order valence-corrected chi connectivity index (χ1v) is 11.8. The first kappa shape index (κ1) is 24.8. The van der Waals surface area contributed by atoms with E-state index in [4.69, 9.17) is 27.9 Å². The number of aromatic amines is 1. The molecule has 2 aromatic heterocycles. The Morgan fingerprint density at radius 2 is 1.97 bits per heavy atom. The summed E-state index contributed by atoms with van der Waals surface area (Å²) in [5.41, 5.74) is 3.55. The lowest BCUT2D eigenvalue weighted by molar-refractivity contribution is -0.131. The Kier molecular flexibility index (Phi) is 7.20. The molecule has 2 aromatic carbocycles. The summed E-state index contributed by atoms with van der Waals surface area (Å²) in [4.78, 5) is 16.4. The fraction of sp³-hybridized carbons (Fsp3) is 0.125. The van der Waals surface area contributed by atoms with Gasteiger partial charge in [-0.05, 0) is 79.7 Å². The Morgan fingerprint density at radius 3 is 2.66 bits per heavy atom. The van der Waals surface area contributed by atoms with Gasteiger partial charge in [0.05, 0.1) is 17.7 Å². The van der Waals surface area contributed by atoms with E-state index in [0.29, 0.717) is 33.4 Å². The lowest BCUT2D eigenvalue weighted by atomic mass is 10.2. The Bertz CT molecular complexity index is 1470. The van der Waals surface area contributed by atoms with Crippen molar-refractivity contribution >= 4 is 47.0 Å². The van der Waals surface area contributed by atoms with Crippen molar-refractivity contribution in [3.05, 3.63) is 80.2 Å². The van der Waals surface area contributed by atoms with Gasteiger partial charge in [0.1, 0.15) is 16.5 Å². The third kappa shape index (κ3) is 5.22. The van der Waals surface area contributed by atoms with E-state index in [-0.39, 0.29) is 15.1 Å². The molecule has 4 rings (SSSR count). The number of carboxylic acids is 1. The van der Waals surface area contributed by atoms with Crippen molar-refractivity contribution in [2.45, 2.75) is 19.0 Å². The second kappa shape index (κ2) is 10.2. The fourth-order valence-corrected chi connectivity index (χ4v) is 4.65. The summed E-state index contributed by atoms with van der Waals surface area (Å²) in [5, 5.41) is 17.5. The average Bonchev–Trinajstić information content (AvgIpc) is 3.39. The minimum atomic E-state index is -1.13. The highest BCUT2D eigenvalue weighted by Crippen LogP contribution is 2.34. The van der Waals surface area contributed by atoms with Crippen LogP contribution in [-0.2, 0) is 4.79 Å². The third-order valence-electron chi connectivity index (χ3n) is 5.21. The maximum absolute atomic E-state index is 13.6. The molecule has 0 unspecified atom stereocenters. The molecule has 0 saturated heterocycles. The molecule has 4 aromatic rings. The van der Waals surface area contributed by atoms with E-state index >= 15 is 0 Å². The first-order valence-electron chi connectivity index (χ1n) is 10.2. The average molecular weight is 533 g/mol. The van der Waals surface area contributed by atoms with Gasteiger partial charge < -0.3 is 14.4 Å². The zero-order valence-electron chi connectivity index (χ0n) is 18.8. The summed E-state index contributed by atoms with van der Waals surface area (Å²) >= 11 is 13.0. The van der Waals surface area contributed by atoms with Gasteiger partial charge in [0.15, 0.2) is 5.82 Å². The number of ether oxygens (including phenoxy) is 1. The number of hydrogen-bond acceptors (Lipinski definition) is 5. The highest BCUT2D eigenvalue weighted by Gasteiger charge is 2.18. The zero-order chi connectivity index (χ0) is 25.3. The van der Waals surface area contributed by atoms with Crippen molar-refractivity contribution in [2.24, 2.45) is 0 Å². The van der Waals surface area contributed by atoms with Gasteiger partial charge in [-0.2, -0.15) is 0 Å². The van der Waals surface area contributed by atoms with Gasteiger partial charge in [-0.25, -0.2) is 14.2 Å². The molecule has 0 saturated carbocycles. The topological polar surface area (TPSA) is 93.0 Å². The van der Waals surface area contributed by atoms with Gasteiger partial charge in [-0.1, -0.05) is 23.2 Å². The van der Waals surface area contributed by atoms with Crippen LogP contribution in [0, 0.1) is 19.7 Å². The molecule has 0 fully saturated rings. The number of H-pyrrole nitrogens is 1. The van der Waals surface area contributed by atoms with Crippen molar-refractivity contribution in [3.63, 3.8) is 0 Å². The summed E-state index contributed by atoms with van der Waals surface area (Å²) in [7, 11) is 1.53. The van der Waals surface area contributed by atoms with Crippen LogP contribution in [0.4, 0.5) is 4.39 Å². The summed E-state index contributed by atoms with van der Waals surface area (Å²) in [5.74, 6) is -0.701. The number of aliphatic carboxylic acids is 1. The minimum Gasteiger partial charge on any atom is -0.496 e. The van der Waals surface area contributed by atoms with Crippen molar-refractivity contribution in [2.75, 3.05) is 7.11 Å². The van der Waals surface area contributed by atoms with Gasteiger partial charge >= 0.3 is 5.97 Å². The van der Waals surface area contributed by atoms with E-state index < -0.39 is 11.8 Å². The lowest BCUT2D eigenvalue weighted by Crippen LogP contribution is -2.00. The van der Waals surface area contributed by atoms with Gasteiger partial charge in [-0.15, -0.1) is 5.10 Å². The maximum atomic E-state index is 13.6. The van der Waals surface area contributed by atoms with Crippen LogP contribution >= 0.6 is 35.0 Å². The van der Waals surface area contributed by atoms with Crippen LogP contribution in [-0.4, -0.2) is 37.9 Å². The summed E-state index contributed by atoms with van der Waals surface area (Å²) in [6.45, 7) is 3.71. The highest BCUT2D eigenvalue weighted by atomic mass is 35.5. The molecule has 0 amide bonds. The van der Waals surface area contributed by atoms with E-state index in [9.17, 15) is 14.3 Å². The van der Waals surface area contributed by atoms with Crippen molar-refractivity contribution in [3.8, 4) is 22.8 Å². The van der Waals surface area contributed by atoms with E-state index in [1.54, 1.807) is 30.3 Å². The molecular weight excluding hydrogens is 514 g/mol. The van der Waals surface area contributed by atoms with Gasteiger partial charge in [0, 0.05) is 22.1 Å². The minimum absolute atomic E-state index is 0.00520. The van der Waals surface area contributed by atoms with Crippen LogP contribution in [0.15, 0.2) is 52.5 Å². The quantitative estimate of drug-likeness (QED) is 0.207. The molecule has 0 atom stereocenters. The van der Waals surface area contributed by atoms with Crippen molar-refractivity contribution in [1.82, 2.24) is 19.7 Å². The predicted molar refractivity (Wildman–Crippen MR) is 135 cm³/mol. The first-order chi connectivity index (χ1) is 16.7. The molecule has 0 radical (unpaired) electrons. The standard InChI is InChI=1S/C24H19Cl2FN4O3S/c1-12-8-14(13(2)31(12)16-5-6-19(27)18(26)11-16)9-21(23(32)33)35-24-28-22(29-30-24)17-10-15(25)4-7-20(17)34-3/h4-11H,1-3H3,(H,32,33)(H,28,29,30)/b21-9-. The number of thioether (sulfide) groups is 1. The van der Waals surface area contributed by atoms with Gasteiger partial charge in [0.2, 0.25) is 5.16 Å². The molecule has 0 spiro atoms. The normalized spacial score (nSPS) is 11.7. The molecule has 35 heavy (non-hydrogen) atoms. The summed E-state index contributed by atoms with van der Waals surface area (Å²) in [6, 6.07) is 11.4. The zero-order valence-corrected chi connectivity index (χ0v) is 21.1. The number of nitrogens with one attached hydrogen (secondary N) is 1. The number of carboxylic acid groups (broad SMARTS) is 1. The number of carbonyl (C=O) groups is 1. The predicted octanol–water partition coefficient (Wildman–Crippen LogP) is 6.55. The maximum Gasteiger partial charge on any atom is 0.342 e. The number of benzene rings is 2. The number of aryl methyl sites for hydroxylation is 1. The van der Waals surface area contributed by atoms with E-state index in [0.717, 1.165) is 23.1 Å². The van der Waals surface area contributed by atoms with Crippen LogP contribution in [0.25, 0.3) is 23.2 Å². The van der Waals surface area contributed by atoms with Crippen LogP contribution in [0.5, 0.6) is 5.75 Å². The van der Waals surface area contributed by atoms with Crippen molar-refractivity contribution in [1.29, 1.82) is 0 Å². The fourth-order valence-electron chi connectivity index (χ4n) is 3.61. The Balaban J connectivity index is 1.67. The molecule has 7 nitrogen and oxygen atoms in total. The van der Waals surface area contributed by atoms with Gasteiger partial charge in [-0.3, -0.25) is 5.10 Å². The van der Waals surface area contributed by atoms with Crippen molar-refractivity contribution < 1.29 is 19.0 Å². The number of methoxy groups -OCH3 is 1. The Labute approximate surface area is 214 Å². The number of halogens is 3. The van der Waals surface area contributed by atoms with Gasteiger partial charge in [0.25, 0.3) is 0 Å².